The molecule has 0 aromatic heterocycles. The zero-order chi connectivity index (χ0) is 16.4. The fourth-order valence-corrected chi connectivity index (χ4v) is 5.10. The second-order valence-electron chi connectivity index (χ2n) is 5.06. The molecule has 1 fully saturated rings. The van der Waals surface area contributed by atoms with Gasteiger partial charge in [0.05, 0.1) is 22.5 Å². The molecule has 0 aliphatic carbocycles. The summed E-state index contributed by atoms with van der Waals surface area (Å²) in [6.45, 7) is 0.290. The predicted octanol–water partition coefficient (Wildman–Crippen LogP) is -0.634. The van der Waals surface area contributed by atoms with Gasteiger partial charge in [0.25, 0.3) is 0 Å². The van der Waals surface area contributed by atoms with E-state index in [1.165, 1.54) is 24.3 Å². The Morgan fingerprint density at radius 2 is 1.82 bits per heavy atom. The highest BCUT2D eigenvalue weighted by Gasteiger charge is 2.35. The van der Waals surface area contributed by atoms with Crippen LogP contribution in [-0.2, 0) is 19.9 Å². The third-order valence-corrected chi connectivity index (χ3v) is 6.72. The molecule has 1 aliphatic rings. The Hall–Kier alpha value is -0.710. The van der Waals surface area contributed by atoms with Crippen molar-refractivity contribution in [1.82, 2.24) is 10.0 Å². The average molecular weight is 369 g/mol. The number of benzene rings is 1. The Balaban J connectivity index is 1.82. The predicted molar refractivity (Wildman–Crippen MR) is 83.1 cm³/mol. The quantitative estimate of drug-likeness (QED) is 0.576. The molecule has 0 amide bonds. The van der Waals surface area contributed by atoms with Crippen molar-refractivity contribution < 1.29 is 21.9 Å². The van der Waals surface area contributed by atoms with Crippen LogP contribution in [0.4, 0.5) is 0 Å². The molecule has 7 nitrogen and oxygen atoms in total. The van der Waals surface area contributed by atoms with Crippen LogP contribution in [-0.4, -0.2) is 58.7 Å². The van der Waals surface area contributed by atoms with Crippen LogP contribution < -0.4 is 10.0 Å². The largest absolute Gasteiger partial charge is 0.390 e. The lowest BCUT2D eigenvalue weighted by Gasteiger charge is -2.15. The number of halogens is 1. The molecule has 0 saturated carbocycles. The molecule has 1 saturated heterocycles. The summed E-state index contributed by atoms with van der Waals surface area (Å²) in [6, 6.07) is 5.18. The highest BCUT2D eigenvalue weighted by molar-refractivity contribution is 7.91. The van der Waals surface area contributed by atoms with E-state index < -0.39 is 32.0 Å². The van der Waals surface area contributed by atoms with Crippen LogP contribution in [0.15, 0.2) is 29.2 Å². The van der Waals surface area contributed by atoms with Gasteiger partial charge in [-0.05, 0) is 24.3 Å². The SMILES string of the molecule is O=S1(=O)C[C@H](NCCNS(=O)(=O)c2ccc(Cl)cc2)[C@@H](O)C1. The van der Waals surface area contributed by atoms with Crippen molar-refractivity contribution in [3.05, 3.63) is 29.3 Å². The average Bonchev–Trinajstić information content (AvgIpc) is 2.68. The van der Waals surface area contributed by atoms with Gasteiger partial charge in [0.2, 0.25) is 10.0 Å². The zero-order valence-electron chi connectivity index (χ0n) is 11.6. The Morgan fingerprint density at radius 1 is 1.18 bits per heavy atom. The van der Waals surface area contributed by atoms with Crippen LogP contribution in [0.1, 0.15) is 0 Å². The Labute approximate surface area is 134 Å². The van der Waals surface area contributed by atoms with Crippen LogP contribution in [0.25, 0.3) is 0 Å². The zero-order valence-corrected chi connectivity index (χ0v) is 14.0. The highest BCUT2D eigenvalue weighted by atomic mass is 35.5. The van der Waals surface area contributed by atoms with Gasteiger partial charge in [0, 0.05) is 24.2 Å². The minimum absolute atomic E-state index is 0.0776. The first kappa shape index (κ1) is 17.6. The molecule has 3 N–H and O–H groups in total. The molecule has 0 unspecified atom stereocenters. The molecular weight excluding hydrogens is 352 g/mol. The lowest BCUT2D eigenvalue weighted by molar-refractivity contribution is 0.166. The minimum Gasteiger partial charge on any atom is -0.390 e. The molecule has 0 spiro atoms. The van der Waals surface area contributed by atoms with E-state index in [2.05, 4.69) is 10.0 Å². The summed E-state index contributed by atoms with van der Waals surface area (Å²) in [5, 5.41) is 12.9. The summed E-state index contributed by atoms with van der Waals surface area (Å²) >= 11 is 5.70. The first-order chi connectivity index (χ1) is 10.2. The normalized spacial score (nSPS) is 24.5. The fraction of sp³-hybridized carbons (Fsp3) is 0.500. The molecule has 0 radical (unpaired) electrons. The van der Waals surface area contributed by atoms with Gasteiger partial charge in [-0.1, -0.05) is 11.6 Å². The van der Waals surface area contributed by atoms with Crippen molar-refractivity contribution in [2.45, 2.75) is 17.0 Å². The monoisotopic (exact) mass is 368 g/mol. The number of nitrogens with one attached hydrogen (secondary N) is 2. The first-order valence-corrected chi connectivity index (χ1v) is 10.2. The summed E-state index contributed by atoms with van der Waals surface area (Å²) in [6.07, 6.45) is -0.960. The topological polar surface area (TPSA) is 113 Å². The van der Waals surface area contributed by atoms with Gasteiger partial charge < -0.3 is 10.4 Å². The van der Waals surface area contributed by atoms with Gasteiger partial charge in [-0.25, -0.2) is 21.6 Å². The van der Waals surface area contributed by atoms with Crippen molar-refractivity contribution in [2.24, 2.45) is 0 Å². The standard InChI is InChI=1S/C12H17ClN2O5S2/c13-9-1-3-10(4-2-9)22(19,20)15-6-5-14-11-7-21(17,18)8-12(11)16/h1-4,11-12,14-16H,5-8H2/t11-,12-/m0/s1. The smallest absolute Gasteiger partial charge is 0.240 e. The maximum absolute atomic E-state index is 12.0. The van der Waals surface area contributed by atoms with E-state index in [0.717, 1.165) is 0 Å². The lowest BCUT2D eigenvalue weighted by atomic mass is 10.2. The second kappa shape index (κ2) is 6.81. The number of sulfonamides is 1. The van der Waals surface area contributed by atoms with Crippen LogP contribution >= 0.6 is 11.6 Å². The van der Waals surface area contributed by atoms with E-state index in [4.69, 9.17) is 11.6 Å². The Bertz CT molecular complexity index is 718. The van der Waals surface area contributed by atoms with Gasteiger partial charge in [-0.2, -0.15) is 0 Å². The second-order valence-corrected chi connectivity index (χ2v) is 9.41. The van der Waals surface area contributed by atoms with Gasteiger partial charge in [-0.3, -0.25) is 0 Å². The molecule has 22 heavy (non-hydrogen) atoms. The number of sulfone groups is 1. The molecule has 2 rings (SSSR count). The van der Waals surface area contributed by atoms with Crippen LogP contribution in [0.3, 0.4) is 0 Å². The van der Waals surface area contributed by atoms with Crippen molar-refractivity contribution >= 4 is 31.5 Å². The summed E-state index contributed by atoms with van der Waals surface area (Å²) in [4.78, 5) is 0.0976. The summed E-state index contributed by atoms with van der Waals surface area (Å²) in [7, 11) is -6.86. The van der Waals surface area contributed by atoms with Gasteiger partial charge >= 0.3 is 0 Å². The third-order valence-electron chi connectivity index (χ3n) is 3.27. The minimum atomic E-state index is -3.64. The van der Waals surface area contributed by atoms with Crippen molar-refractivity contribution in [3.8, 4) is 0 Å². The van der Waals surface area contributed by atoms with Crippen molar-refractivity contribution in [2.75, 3.05) is 24.6 Å². The number of hydrogen-bond donors (Lipinski definition) is 3. The molecule has 1 aromatic rings. The molecule has 124 valence electrons. The van der Waals surface area contributed by atoms with Crippen molar-refractivity contribution in [1.29, 1.82) is 0 Å². The first-order valence-electron chi connectivity index (χ1n) is 6.57. The molecule has 2 atom stereocenters. The van der Waals surface area contributed by atoms with E-state index in [-0.39, 0.29) is 29.5 Å². The number of aliphatic hydroxyl groups is 1. The third kappa shape index (κ3) is 4.64. The van der Waals surface area contributed by atoms with Gasteiger partial charge in [0.15, 0.2) is 9.84 Å². The summed E-state index contributed by atoms with van der Waals surface area (Å²) in [5.41, 5.74) is 0. The fourth-order valence-electron chi connectivity index (χ4n) is 2.16. The maximum atomic E-state index is 12.0. The van der Waals surface area contributed by atoms with E-state index in [1.807, 2.05) is 0 Å². The van der Waals surface area contributed by atoms with E-state index in [1.54, 1.807) is 0 Å². The lowest BCUT2D eigenvalue weighted by Crippen LogP contribution is -2.42. The molecule has 1 aromatic carbocycles. The van der Waals surface area contributed by atoms with Gasteiger partial charge in [-0.15, -0.1) is 0 Å². The Kier molecular flexibility index (Phi) is 5.46. The van der Waals surface area contributed by atoms with E-state index in [0.29, 0.717) is 5.02 Å². The molecule has 1 heterocycles. The summed E-state index contributed by atoms with van der Waals surface area (Å²) in [5.74, 6) is -0.404. The maximum Gasteiger partial charge on any atom is 0.240 e. The molecule has 0 bridgehead atoms. The molecular formula is C12H17ClN2O5S2. The molecule has 1 aliphatic heterocycles. The van der Waals surface area contributed by atoms with E-state index in [9.17, 15) is 21.9 Å². The number of rotatable bonds is 6. The number of hydrogen-bond acceptors (Lipinski definition) is 6. The Morgan fingerprint density at radius 3 is 2.36 bits per heavy atom. The van der Waals surface area contributed by atoms with Crippen LogP contribution in [0.5, 0.6) is 0 Å². The van der Waals surface area contributed by atoms with Crippen molar-refractivity contribution in [3.63, 3.8) is 0 Å². The number of aliphatic hydroxyl groups excluding tert-OH is 1. The van der Waals surface area contributed by atoms with Crippen LogP contribution in [0, 0.1) is 0 Å². The highest BCUT2D eigenvalue weighted by Crippen LogP contribution is 2.14. The van der Waals surface area contributed by atoms with E-state index >= 15 is 0 Å². The van der Waals surface area contributed by atoms with Gasteiger partial charge in [0.1, 0.15) is 0 Å². The van der Waals surface area contributed by atoms with Crippen LogP contribution in [0.2, 0.25) is 5.02 Å². The summed E-state index contributed by atoms with van der Waals surface area (Å²) < 4.78 is 49.0. The molecule has 10 heteroatoms.